The zero-order valence-corrected chi connectivity index (χ0v) is 17.5. The third-order valence-corrected chi connectivity index (χ3v) is 6.40. The van der Waals surface area contributed by atoms with Gasteiger partial charge in [-0.3, -0.25) is 0 Å². The first-order valence-corrected chi connectivity index (χ1v) is 9.62. The number of likely N-dealkylation sites (tertiary alicyclic amines) is 1. The number of benzene rings is 2. The Kier molecular flexibility index (Phi) is 6.02. The van der Waals surface area contributed by atoms with Crippen molar-refractivity contribution >= 4 is 12.4 Å². The van der Waals surface area contributed by atoms with E-state index in [9.17, 15) is 0 Å². The fraction of sp³-hybridized carbons (Fsp3) is 0.478. The number of ether oxygens (including phenoxy) is 2. The molecule has 0 amide bonds. The molecule has 1 fully saturated rings. The second-order valence-corrected chi connectivity index (χ2v) is 7.88. The molecule has 0 bridgehead atoms. The molecule has 27 heavy (non-hydrogen) atoms. The highest BCUT2D eigenvalue weighted by molar-refractivity contribution is 5.85. The van der Waals surface area contributed by atoms with Crippen LogP contribution in [0.3, 0.4) is 0 Å². The summed E-state index contributed by atoms with van der Waals surface area (Å²) in [6.45, 7) is 3.31. The van der Waals surface area contributed by atoms with Crippen LogP contribution in [0.1, 0.15) is 34.6 Å². The smallest absolute Gasteiger partial charge is 0.164 e. The SMILES string of the molecule is COc1ccc2c(c1OC)CCC1C2CN(C)C1Cc1cccc(C)c1.Cl. The third kappa shape index (κ3) is 3.55. The molecule has 0 saturated carbocycles. The predicted molar refractivity (Wildman–Crippen MR) is 113 cm³/mol. The number of likely N-dealkylation sites (N-methyl/N-ethyl adjacent to an activating group) is 1. The number of halogens is 1. The van der Waals surface area contributed by atoms with Crippen LogP contribution in [0.25, 0.3) is 0 Å². The van der Waals surface area contributed by atoms with Crippen molar-refractivity contribution in [1.82, 2.24) is 4.90 Å². The van der Waals surface area contributed by atoms with E-state index in [2.05, 4.69) is 55.3 Å². The Morgan fingerprint density at radius 2 is 1.93 bits per heavy atom. The van der Waals surface area contributed by atoms with E-state index in [0.717, 1.165) is 30.9 Å². The Hall–Kier alpha value is -1.71. The molecule has 1 saturated heterocycles. The number of hydrogen-bond donors (Lipinski definition) is 0. The second kappa shape index (κ2) is 8.12. The lowest BCUT2D eigenvalue weighted by atomic mass is 9.73. The lowest BCUT2D eigenvalue weighted by Crippen LogP contribution is -2.32. The maximum Gasteiger partial charge on any atom is 0.164 e. The van der Waals surface area contributed by atoms with Gasteiger partial charge in [-0.2, -0.15) is 0 Å². The Balaban J connectivity index is 0.00000210. The van der Waals surface area contributed by atoms with Crippen LogP contribution in [-0.4, -0.2) is 38.8 Å². The zero-order valence-electron chi connectivity index (χ0n) is 16.7. The molecule has 3 unspecified atom stereocenters. The highest BCUT2D eigenvalue weighted by Gasteiger charge is 2.44. The maximum atomic E-state index is 5.71. The maximum absolute atomic E-state index is 5.71. The largest absolute Gasteiger partial charge is 0.493 e. The van der Waals surface area contributed by atoms with E-state index >= 15 is 0 Å². The molecule has 2 aromatic carbocycles. The van der Waals surface area contributed by atoms with E-state index in [4.69, 9.17) is 9.47 Å². The van der Waals surface area contributed by atoms with Gasteiger partial charge in [-0.1, -0.05) is 35.9 Å². The Bertz CT molecular complexity index is 807. The van der Waals surface area contributed by atoms with E-state index in [1.807, 2.05) is 0 Å². The van der Waals surface area contributed by atoms with Gasteiger partial charge in [0.15, 0.2) is 11.5 Å². The van der Waals surface area contributed by atoms with Crippen LogP contribution < -0.4 is 9.47 Å². The normalized spacial score (nSPS) is 23.9. The van der Waals surface area contributed by atoms with E-state index in [1.54, 1.807) is 14.2 Å². The van der Waals surface area contributed by atoms with Gasteiger partial charge >= 0.3 is 0 Å². The van der Waals surface area contributed by atoms with Crippen molar-refractivity contribution in [2.45, 2.75) is 38.1 Å². The minimum Gasteiger partial charge on any atom is -0.493 e. The molecule has 2 aliphatic rings. The standard InChI is InChI=1S/C23H29NO2.ClH/c1-15-6-5-7-16(12-15)13-21-18-8-9-19-17(20(18)14-24(21)2)10-11-22(25-3)23(19)26-4;/h5-7,10-12,18,20-21H,8-9,13-14H2,1-4H3;1H. The quantitative estimate of drug-likeness (QED) is 0.763. The molecule has 1 aliphatic carbocycles. The number of methoxy groups -OCH3 is 2. The van der Waals surface area contributed by atoms with Gasteiger partial charge in [0.25, 0.3) is 0 Å². The number of nitrogens with zero attached hydrogens (tertiary/aromatic N) is 1. The van der Waals surface area contributed by atoms with E-state index in [0.29, 0.717) is 17.9 Å². The van der Waals surface area contributed by atoms with Crippen molar-refractivity contribution in [3.8, 4) is 11.5 Å². The van der Waals surface area contributed by atoms with Crippen molar-refractivity contribution in [3.63, 3.8) is 0 Å². The molecular weight excluding hydrogens is 358 g/mol. The Labute approximate surface area is 169 Å². The van der Waals surface area contributed by atoms with Crippen molar-refractivity contribution in [1.29, 1.82) is 0 Å². The number of aryl methyl sites for hydroxylation is 1. The molecular formula is C23H30ClNO2. The average Bonchev–Trinajstić information content (AvgIpc) is 2.96. The molecule has 0 N–H and O–H groups in total. The predicted octanol–water partition coefficient (Wildman–Crippen LogP) is 4.64. The summed E-state index contributed by atoms with van der Waals surface area (Å²) in [4.78, 5) is 2.57. The topological polar surface area (TPSA) is 21.7 Å². The summed E-state index contributed by atoms with van der Waals surface area (Å²) < 4.78 is 11.2. The third-order valence-electron chi connectivity index (χ3n) is 6.40. The van der Waals surface area contributed by atoms with Gasteiger partial charge in [-0.15, -0.1) is 12.4 Å². The summed E-state index contributed by atoms with van der Waals surface area (Å²) in [5.74, 6) is 3.10. The number of fused-ring (bicyclic) bond motifs is 3. The Morgan fingerprint density at radius 3 is 2.63 bits per heavy atom. The van der Waals surface area contributed by atoms with Gasteiger partial charge in [-0.05, 0) is 56.3 Å². The van der Waals surface area contributed by atoms with Crippen LogP contribution >= 0.6 is 12.4 Å². The molecule has 4 rings (SSSR count). The number of rotatable bonds is 4. The van der Waals surface area contributed by atoms with Crippen molar-refractivity contribution in [2.75, 3.05) is 27.8 Å². The van der Waals surface area contributed by atoms with Crippen LogP contribution in [0.5, 0.6) is 11.5 Å². The fourth-order valence-corrected chi connectivity index (χ4v) is 5.21. The fourth-order valence-electron chi connectivity index (χ4n) is 5.21. The first kappa shape index (κ1) is 20.0. The van der Waals surface area contributed by atoms with Gasteiger partial charge < -0.3 is 14.4 Å². The highest BCUT2D eigenvalue weighted by atomic mass is 35.5. The van der Waals surface area contributed by atoms with Crippen LogP contribution in [0.15, 0.2) is 36.4 Å². The van der Waals surface area contributed by atoms with Gasteiger partial charge in [0, 0.05) is 24.1 Å². The molecule has 1 heterocycles. The van der Waals surface area contributed by atoms with E-state index in [1.165, 1.54) is 28.7 Å². The zero-order chi connectivity index (χ0) is 18.3. The second-order valence-electron chi connectivity index (χ2n) is 7.88. The van der Waals surface area contributed by atoms with Crippen molar-refractivity contribution in [2.24, 2.45) is 5.92 Å². The molecule has 3 nitrogen and oxygen atoms in total. The summed E-state index contributed by atoms with van der Waals surface area (Å²) in [6, 6.07) is 13.9. The minimum absolute atomic E-state index is 0. The van der Waals surface area contributed by atoms with Crippen LogP contribution in [0.4, 0.5) is 0 Å². The lowest BCUT2D eigenvalue weighted by molar-refractivity contribution is 0.258. The molecule has 3 atom stereocenters. The van der Waals surface area contributed by atoms with Crippen LogP contribution in [0, 0.1) is 12.8 Å². The average molecular weight is 388 g/mol. The molecule has 146 valence electrons. The minimum atomic E-state index is 0. The van der Waals surface area contributed by atoms with E-state index in [-0.39, 0.29) is 12.4 Å². The molecule has 4 heteroatoms. The van der Waals surface area contributed by atoms with Crippen molar-refractivity contribution < 1.29 is 9.47 Å². The van der Waals surface area contributed by atoms with Gasteiger partial charge in [-0.25, -0.2) is 0 Å². The van der Waals surface area contributed by atoms with Crippen molar-refractivity contribution in [3.05, 3.63) is 58.7 Å². The lowest BCUT2D eigenvalue weighted by Gasteiger charge is -2.32. The van der Waals surface area contributed by atoms with Gasteiger partial charge in [0.2, 0.25) is 0 Å². The molecule has 0 spiro atoms. The summed E-state index contributed by atoms with van der Waals surface area (Å²) >= 11 is 0. The van der Waals surface area contributed by atoms with Crippen LogP contribution in [0.2, 0.25) is 0 Å². The summed E-state index contributed by atoms with van der Waals surface area (Å²) in [5, 5.41) is 0. The molecule has 1 aliphatic heterocycles. The monoisotopic (exact) mass is 387 g/mol. The molecule has 0 aromatic heterocycles. The first-order chi connectivity index (χ1) is 12.6. The highest BCUT2D eigenvalue weighted by Crippen LogP contribution is 2.49. The summed E-state index contributed by atoms with van der Waals surface area (Å²) in [6.07, 6.45) is 3.44. The first-order valence-electron chi connectivity index (χ1n) is 9.62. The molecule has 2 aromatic rings. The summed E-state index contributed by atoms with van der Waals surface area (Å²) in [7, 11) is 5.77. The number of hydrogen-bond acceptors (Lipinski definition) is 3. The van der Waals surface area contributed by atoms with Gasteiger partial charge in [0.05, 0.1) is 14.2 Å². The van der Waals surface area contributed by atoms with E-state index < -0.39 is 0 Å². The summed E-state index contributed by atoms with van der Waals surface area (Å²) in [5.41, 5.74) is 5.64. The Morgan fingerprint density at radius 1 is 1.11 bits per heavy atom. The molecule has 0 radical (unpaired) electrons. The van der Waals surface area contributed by atoms with Crippen LogP contribution in [-0.2, 0) is 12.8 Å². The van der Waals surface area contributed by atoms with Gasteiger partial charge in [0.1, 0.15) is 0 Å².